The Morgan fingerprint density at radius 3 is 2.09 bits per heavy atom. The highest BCUT2D eigenvalue weighted by Crippen LogP contribution is 2.51. The van der Waals surface area contributed by atoms with Crippen molar-refractivity contribution in [2.24, 2.45) is 0 Å². The van der Waals surface area contributed by atoms with Crippen molar-refractivity contribution in [2.75, 3.05) is 0 Å². The van der Waals surface area contributed by atoms with Crippen LogP contribution in [0, 0.1) is 0 Å². The predicted molar refractivity (Wildman–Crippen MR) is 178 cm³/mol. The van der Waals surface area contributed by atoms with Crippen LogP contribution in [-0.2, 0) is 5.41 Å². The van der Waals surface area contributed by atoms with Gasteiger partial charge in [-0.05, 0) is 69.6 Å². The first-order chi connectivity index (χ1) is 21.0. The third-order valence-corrected chi connectivity index (χ3v) is 9.93. The minimum Gasteiger partial charge on any atom is -0.455 e. The van der Waals surface area contributed by atoms with Gasteiger partial charge in [0.2, 0.25) is 0 Å². The molecule has 0 saturated carbocycles. The number of fused-ring (bicyclic) bond motifs is 11. The van der Waals surface area contributed by atoms with Crippen LogP contribution in [0.2, 0.25) is 0 Å². The Hall–Kier alpha value is -5.41. The second kappa shape index (κ2) is 7.70. The Labute approximate surface area is 246 Å². The van der Waals surface area contributed by atoms with Gasteiger partial charge in [0.15, 0.2) is 0 Å². The molecular weight excluding hydrogens is 526 g/mol. The lowest BCUT2D eigenvalue weighted by Gasteiger charge is -2.21. The lowest BCUT2D eigenvalue weighted by molar-refractivity contribution is 0.661. The molecule has 3 aromatic heterocycles. The van der Waals surface area contributed by atoms with Crippen LogP contribution in [0.5, 0.6) is 0 Å². The van der Waals surface area contributed by atoms with Gasteiger partial charge in [-0.2, -0.15) is 0 Å². The highest BCUT2D eigenvalue weighted by atomic mass is 16.3. The smallest absolute Gasteiger partial charge is 0.263 e. The average molecular weight is 552 g/mol. The SMILES string of the molecule is CC1(C)c2ccccc2-c2cc3c4cc(-c5cccc6c5oc5ccccc56)cc5c6ccccc6c(=O)n(c3cc21)c54. The number of furan rings is 1. The van der Waals surface area contributed by atoms with Gasteiger partial charge in [0.1, 0.15) is 11.2 Å². The van der Waals surface area contributed by atoms with E-state index in [1.54, 1.807) is 0 Å². The van der Waals surface area contributed by atoms with E-state index in [4.69, 9.17) is 4.42 Å². The molecule has 3 heteroatoms. The molecule has 3 heterocycles. The average Bonchev–Trinajstić information content (AvgIpc) is 3.65. The lowest BCUT2D eigenvalue weighted by atomic mass is 9.82. The predicted octanol–water partition coefficient (Wildman–Crippen LogP) is 10.1. The Balaban J connectivity index is 1.40. The number of aromatic nitrogens is 1. The molecule has 202 valence electrons. The molecule has 43 heavy (non-hydrogen) atoms. The fourth-order valence-corrected chi connectivity index (χ4v) is 7.91. The van der Waals surface area contributed by atoms with Crippen LogP contribution >= 0.6 is 0 Å². The van der Waals surface area contributed by atoms with Crippen LogP contribution in [0.3, 0.4) is 0 Å². The number of benzene rings is 6. The molecule has 10 rings (SSSR count). The minimum absolute atomic E-state index is 0.0310. The van der Waals surface area contributed by atoms with Crippen molar-refractivity contribution < 1.29 is 4.42 Å². The first-order valence-corrected chi connectivity index (χ1v) is 14.8. The van der Waals surface area contributed by atoms with E-state index in [0.717, 1.165) is 71.0 Å². The van der Waals surface area contributed by atoms with E-state index in [2.05, 4.69) is 98.8 Å². The quantitative estimate of drug-likeness (QED) is 0.190. The van der Waals surface area contributed by atoms with Crippen LogP contribution < -0.4 is 5.56 Å². The summed E-state index contributed by atoms with van der Waals surface area (Å²) in [5, 5.41) is 7.20. The molecular formula is C40H25NO2. The van der Waals surface area contributed by atoms with Crippen LogP contribution in [0.25, 0.3) is 82.2 Å². The topological polar surface area (TPSA) is 34.6 Å². The molecule has 0 saturated heterocycles. The summed E-state index contributed by atoms with van der Waals surface area (Å²) >= 11 is 0. The Morgan fingerprint density at radius 2 is 1.23 bits per heavy atom. The van der Waals surface area contributed by atoms with Gasteiger partial charge in [0.05, 0.1) is 11.0 Å². The standard InChI is InChI=1S/C40H25NO2/c1-40(2)33-16-7-5-11-25(33)29-20-30-32-19-22(23-14-9-15-27-26-12-6-8-17-36(26)43-38(23)27)18-31-24-10-3-4-13-28(24)39(42)41(37(31)32)35(30)21-34(29)40/h3-21H,1-2H3. The molecule has 1 aliphatic carbocycles. The van der Waals surface area contributed by atoms with Gasteiger partial charge in [0.25, 0.3) is 5.56 Å². The Kier molecular flexibility index (Phi) is 4.15. The van der Waals surface area contributed by atoms with Crippen LogP contribution in [0.4, 0.5) is 0 Å². The summed E-state index contributed by atoms with van der Waals surface area (Å²) in [6, 6.07) is 40.5. The van der Waals surface area contributed by atoms with Gasteiger partial charge in [0, 0.05) is 43.3 Å². The van der Waals surface area contributed by atoms with E-state index >= 15 is 0 Å². The summed E-state index contributed by atoms with van der Waals surface area (Å²) in [4.78, 5) is 14.2. The molecule has 0 amide bonds. The normalized spacial score (nSPS) is 14.1. The Bertz CT molecular complexity index is 2720. The van der Waals surface area contributed by atoms with Crippen LogP contribution in [0.15, 0.2) is 124 Å². The molecule has 0 atom stereocenters. The number of para-hydroxylation sites is 2. The van der Waals surface area contributed by atoms with Crippen molar-refractivity contribution in [2.45, 2.75) is 19.3 Å². The molecule has 0 fully saturated rings. The number of hydrogen-bond acceptors (Lipinski definition) is 2. The summed E-state index contributed by atoms with van der Waals surface area (Å²) in [5.74, 6) is 0. The molecule has 0 aliphatic heterocycles. The van der Waals surface area contributed by atoms with Gasteiger partial charge < -0.3 is 4.42 Å². The molecule has 6 aromatic carbocycles. The molecule has 0 N–H and O–H groups in total. The second-order valence-electron chi connectivity index (χ2n) is 12.5. The van der Waals surface area contributed by atoms with Crippen molar-refractivity contribution >= 4 is 59.9 Å². The van der Waals surface area contributed by atoms with E-state index in [9.17, 15) is 4.79 Å². The molecule has 0 spiro atoms. The zero-order chi connectivity index (χ0) is 28.6. The third kappa shape index (κ3) is 2.78. The highest BCUT2D eigenvalue weighted by molar-refractivity contribution is 6.23. The maximum Gasteiger partial charge on any atom is 0.263 e. The molecule has 0 bridgehead atoms. The Morgan fingerprint density at radius 1 is 0.558 bits per heavy atom. The minimum atomic E-state index is -0.155. The van der Waals surface area contributed by atoms with E-state index in [-0.39, 0.29) is 11.0 Å². The summed E-state index contributed by atoms with van der Waals surface area (Å²) in [6.07, 6.45) is 0. The fourth-order valence-electron chi connectivity index (χ4n) is 7.91. The second-order valence-corrected chi connectivity index (χ2v) is 12.5. The van der Waals surface area contributed by atoms with Crippen molar-refractivity contribution in [1.29, 1.82) is 0 Å². The monoisotopic (exact) mass is 551 g/mol. The van der Waals surface area contributed by atoms with E-state index in [1.165, 1.54) is 22.3 Å². The van der Waals surface area contributed by atoms with Crippen molar-refractivity contribution in [1.82, 2.24) is 4.40 Å². The zero-order valence-corrected chi connectivity index (χ0v) is 23.7. The number of pyridine rings is 1. The highest BCUT2D eigenvalue weighted by Gasteiger charge is 2.36. The van der Waals surface area contributed by atoms with E-state index in [1.807, 2.05) is 34.7 Å². The molecule has 1 aliphatic rings. The van der Waals surface area contributed by atoms with Crippen LogP contribution in [-0.4, -0.2) is 4.40 Å². The lowest BCUT2D eigenvalue weighted by Crippen LogP contribution is -2.16. The largest absolute Gasteiger partial charge is 0.455 e. The van der Waals surface area contributed by atoms with Crippen LogP contribution in [0.1, 0.15) is 25.0 Å². The first kappa shape index (κ1) is 23.2. The van der Waals surface area contributed by atoms with Crippen molar-refractivity contribution in [3.63, 3.8) is 0 Å². The summed E-state index contributed by atoms with van der Waals surface area (Å²) in [5.41, 5.74) is 10.8. The van der Waals surface area contributed by atoms with Gasteiger partial charge in [-0.1, -0.05) is 92.7 Å². The summed E-state index contributed by atoms with van der Waals surface area (Å²) in [7, 11) is 0. The van der Waals surface area contributed by atoms with Gasteiger partial charge in [-0.15, -0.1) is 0 Å². The molecule has 9 aromatic rings. The maximum absolute atomic E-state index is 14.2. The maximum atomic E-state index is 14.2. The molecule has 3 nitrogen and oxygen atoms in total. The number of nitrogens with zero attached hydrogens (tertiary/aromatic N) is 1. The summed E-state index contributed by atoms with van der Waals surface area (Å²) < 4.78 is 8.45. The van der Waals surface area contributed by atoms with Gasteiger partial charge in [-0.3, -0.25) is 9.20 Å². The summed E-state index contributed by atoms with van der Waals surface area (Å²) in [6.45, 7) is 4.58. The first-order valence-electron chi connectivity index (χ1n) is 14.8. The third-order valence-electron chi connectivity index (χ3n) is 9.93. The molecule has 0 radical (unpaired) electrons. The van der Waals surface area contributed by atoms with E-state index < -0.39 is 0 Å². The van der Waals surface area contributed by atoms with Crippen molar-refractivity contribution in [3.8, 4) is 22.3 Å². The van der Waals surface area contributed by atoms with Gasteiger partial charge >= 0.3 is 0 Å². The number of rotatable bonds is 1. The van der Waals surface area contributed by atoms with E-state index in [0.29, 0.717) is 0 Å². The van der Waals surface area contributed by atoms with Crippen molar-refractivity contribution in [3.05, 3.63) is 137 Å². The van der Waals surface area contributed by atoms with Gasteiger partial charge in [-0.25, -0.2) is 0 Å². The molecule has 0 unspecified atom stereocenters. The fraction of sp³-hybridized carbons (Fsp3) is 0.0750. The zero-order valence-electron chi connectivity index (χ0n) is 23.7. The number of hydrogen-bond donors (Lipinski definition) is 0.